The van der Waals surface area contributed by atoms with Gasteiger partial charge in [0.15, 0.2) is 0 Å². The third-order valence-corrected chi connectivity index (χ3v) is 3.86. The molecule has 1 aromatic rings. The summed E-state index contributed by atoms with van der Waals surface area (Å²) in [6.45, 7) is 11.5. The standard InChI is InChI=1S/C18H27O2Si/c1-7-14-19-16-10-8-15(9-11-16)17(20-21(5)6)12-13-18(2,3)4/h1,8-11,17H,12-14H2,2-6H3. The first kappa shape index (κ1) is 17.8. The SMILES string of the molecule is C#CCOc1ccc(C(CCC(C)(C)C)O[Si](C)C)cc1. The van der Waals surface area contributed by atoms with Crippen molar-refractivity contribution in [3.05, 3.63) is 29.8 Å². The molecule has 0 spiro atoms. The van der Waals surface area contributed by atoms with Crippen molar-refractivity contribution >= 4 is 9.04 Å². The van der Waals surface area contributed by atoms with Gasteiger partial charge >= 0.3 is 0 Å². The molecule has 0 aromatic heterocycles. The highest BCUT2D eigenvalue weighted by Crippen LogP contribution is 2.31. The molecule has 3 heteroatoms. The Balaban J connectivity index is 2.75. The summed E-state index contributed by atoms with van der Waals surface area (Å²) in [7, 11) is -0.729. The zero-order chi connectivity index (χ0) is 15.9. The first-order chi connectivity index (χ1) is 9.81. The molecule has 2 nitrogen and oxygen atoms in total. The van der Waals surface area contributed by atoms with Crippen molar-refractivity contribution < 1.29 is 9.16 Å². The van der Waals surface area contributed by atoms with E-state index in [9.17, 15) is 0 Å². The third-order valence-electron chi connectivity index (χ3n) is 3.11. The molecule has 21 heavy (non-hydrogen) atoms. The van der Waals surface area contributed by atoms with Crippen LogP contribution < -0.4 is 4.74 Å². The third kappa shape index (κ3) is 7.36. The molecule has 1 rings (SSSR count). The predicted molar refractivity (Wildman–Crippen MR) is 90.8 cm³/mol. The highest BCUT2D eigenvalue weighted by molar-refractivity contribution is 6.48. The van der Waals surface area contributed by atoms with Gasteiger partial charge in [-0.15, -0.1) is 6.42 Å². The Hall–Kier alpha value is -1.24. The van der Waals surface area contributed by atoms with Crippen molar-refractivity contribution in [1.82, 2.24) is 0 Å². The molecule has 1 atom stereocenters. The van der Waals surface area contributed by atoms with Crippen LogP contribution in [0.15, 0.2) is 24.3 Å². The largest absolute Gasteiger partial charge is 0.481 e. The highest BCUT2D eigenvalue weighted by Gasteiger charge is 2.18. The summed E-state index contributed by atoms with van der Waals surface area (Å²) in [5, 5.41) is 0. The van der Waals surface area contributed by atoms with E-state index in [1.807, 2.05) is 12.1 Å². The lowest BCUT2D eigenvalue weighted by atomic mass is 9.88. The average molecular weight is 303 g/mol. The number of terminal acetylenes is 1. The van der Waals surface area contributed by atoms with Crippen molar-refractivity contribution in [2.45, 2.75) is 52.8 Å². The quantitative estimate of drug-likeness (QED) is 0.530. The lowest BCUT2D eigenvalue weighted by molar-refractivity contribution is 0.174. The van der Waals surface area contributed by atoms with Gasteiger partial charge in [0.1, 0.15) is 12.4 Å². The van der Waals surface area contributed by atoms with E-state index < -0.39 is 9.04 Å². The van der Waals surface area contributed by atoms with Gasteiger partial charge < -0.3 is 9.16 Å². The minimum absolute atomic E-state index is 0.176. The zero-order valence-electron chi connectivity index (χ0n) is 13.9. The summed E-state index contributed by atoms with van der Waals surface area (Å²) in [4.78, 5) is 0. The molecule has 0 aliphatic heterocycles. The van der Waals surface area contributed by atoms with Crippen LogP contribution in [0.5, 0.6) is 5.75 Å². The van der Waals surface area contributed by atoms with Crippen LogP contribution in [0, 0.1) is 17.8 Å². The zero-order valence-corrected chi connectivity index (χ0v) is 14.9. The van der Waals surface area contributed by atoms with E-state index >= 15 is 0 Å². The van der Waals surface area contributed by atoms with Crippen LogP contribution in [0.1, 0.15) is 45.3 Å². The maximum absolute atomic E-state index is 6.18. The molecule has 0 amide bonds. The lowest BCUT2D eigenvalue weighted by Gasteiger charge is -2.25. The fraction of sp³-hybridized carbons (Fsp3) is 0.556. The maximum atomic E-state index is 6.18. The monoisotopic (exact) mass is 303 g/mol. The van der Waals surface area contributed by atoms with Crippen LogP contribution in [0.25, 0.3) is 0 Å². The molecule has 0 heterocycles. The topological polar surface area (TPSA) is 18.5 Å². The first-order valence-corrected chi connectivity index (χ1v) is 9.85. The van der Waals surface area contributed by atoms with Crippen molar-refractivity contribution in [3.63, 3.8) is 0 Å². The minimum atomic E-state index is -0.729. The molecule has 0 N–H and O–H groups in total. The molecule has 0 aliphatic rings. The molecule has 0 bridgehead atoms. The Morgan fingerprint density at radius 1 is 1.19 bits per heavy atom. The number of hydrogen-bond acceptors (Lipinski definition) is 2. The van der Waals surface area contributed by atoms with Crippen LogP contribution in [-0.4, -0.2) is 15.6 Å². The van der Waals surface area contributed by atoms with E-state index in [0.29, 0.717) is 12.0 Å². The molecular weight excluding hydrogens is 276 g/mol. The van der Waals surface area contributed by atoms with Crippen molar-refractivity contribution in [1.29, 1.82) is 0 Å². The molecule has 0 aliphatic carbocycles. The van der Waals surface area contributed by atoms with E-state index in [4.69, 9.17) is 15.6 Å². The summed E-state index contributed by atoms with van der Waals surface area (Å²) in [6.07, 6.45) is 7.56. The summed E-state index contributed by atoms with van der Waals surface area (Å²) >= 11 is 0. The summed E-state index contributed by atoms with van der Waals surface area (Å²) < 4.78 is 11.6. The lowest BCUT2D eigenvalue weighted by Crippen LogP contribution is -2.16. The van der Waals surface area contributed by atoms with Gasteiger partial charge in [0.25, 0.3) is 0 Å². The van der Waals surface area contributed by atoms with Crippen molar-refractivity contribution in [2.24, 2.45) is 5.41 Å². The Kier molecular flexibility index (Phi) is 7.00. The van der Waals surface area contributed by atoms with Crippen LogP contribution >= 0.6 is 0 Å². The van der Waals surface area contributed by atoms with Crippen LogP contribution in [0.4, 0.5) is 0 Å². The smallest absolute Gasteiger partial charge is 0.205 e. The number of benzene rings is 1. The molecule has 0 saturated heterocycles. The van der Waals surface area contributed by atoms with Gasteiger partial charge in [0, 0.05) is 0 Å². The van der Waals surface area contributed by atoms with Gasteiger partial charge in [-0.05, 0) is 49.0 Å². The molecule has 0 fully saturated rings. The number of rotatable bonds is 7. The molecular formula is C18H27O2Si. The summed E-state index contributed by atoms with van der Waals surface area (Å²) in [5.74, 6) is 3.28. The van der Waals surface area contributed by atoms with Gasteiger partial charge in [-0.25, -0.2) is 0 Å². The van der Waals surface area contributed by atoms with Gasteiger partial charge in [-0.2, -0.15) is 0 Å². The maximum Gasteiger partial charge on any atom is 0.205 e. The van der Waals surface area contributed by atoms with E-state index in [2.05, 4.69) is 51.9 Å². The van der Waals surface area contributed by atoms with E-state index in [0.717, 1.165) is 18.6 Å². The first-order valence-electron chi connectivity index (χ1n) is 7.45. The number of hydrogen-bond donors (Lipinski definition) is 0. The van der Waals surface area contributed by atoms with E-state index in [1.54, 1.807) is 0 Å². The molecule has 0 saturated carbocycles. The second kappa shape index (κ2) is 8.26. The van der Waals surface area contributed by atoms with Crippen LogP contribution in [-0.2, 0) is 4.43 Å². The Bertz CT molecular complexity index is 452. The summed E-state index contributed by atoms with van der Waals surface area (Å²) in [6, 6.07) is 8.11. The Labute approximate surface area is 131 Å². The second-order valence-electron chi connectivity index (χ2n) is 6.68. The fourth-order valence-corrected chi connectivity index (χ4v) is 2.87. The predicted octanol–water partition coefficient (Wildman–Crippen LogP) is 4.83. The van der Waals surface area contributed by atoms with Gasteiger partial charge in [-0.1, -0.05) is 38.8 Å². The fourth-order valence-electron chi connectivity index (χ4n) is 2.05. The van der Waals surface area contributed by atoms with Crippen molar-refractivity contribution in [3.8, 4) is 18.1 Å². The Morgan fingerprint density at radius 2 is 1.81 bits per heavy atom. The van der Waals surface area contributed by atoms with Crippen LogP contribution in [0.3, 0.4) is 0 Å². The van der Waals surface area contributed by atoms with Gasteiger partial charge in [0.2, 0.25) is 9.04 Å². The average Bonchev–Trinajstić information content (AvgIpc) is 2.40. The second-order valence-corrected chi connectivity index (χ2v) is 8.73. The minimum Gasteiger partial charge on any atom is -0.481 e. The van der Waals surface area contributed by atoms with Crippen LogP contribution in [0.2, 0.25) is 13.1 Å². The molecule has 1 radical (unpaired) electrons. The molecule has 115 valence electrons. The highest BCUT2D eigenvalue weighted by atomic mass is 28.3. The Morgan fingerprint density at radius 3 is 2.29 bits per heavy atom. The normalized spacial score (nSPS) is 13.0. The van der Waals surface area contributed by atoms with Crippen molar-refractivity contribution in [2.75, 3.05) is 6.61 Å². The summed E-state index contributed by atoms with van der Waals surface area (Å²) in [5.41, 5.74) is 1.55. The molecule has 1 unspecified atom stereocenters. The van der Waals surface area contributed by atoms with Gasteiger partial charge in [0.05, 0.1) is 6.10 Å². The number of ether oxygens (including phenoxy) is 1. The molecule has 1 aromatic carbocycles. The van der Waals surface area contributed by atoms with E-state index in [1.165, 1.54) is 5.56 Å². The van der Waals surface area contributed by atoms with Gasteiger partial charge in [-0.3, -0.25) is 0 Å². The van der Waals surface area contributed by atoms with E-state index in [-0.39, 0.29) is 6.10 Å².